The average molecular weight is 382 g/mol. The third-order valence-electron chi connectivity index (χ3n) is 4.73. The predicted molar refractivity (Wildman–Crippen MR) is 108 cm³/mol. The van der Waals surface area contributed by atoms with Gasteiger partial charge in [-0.1, -0.05) is 24.3 Å². The summed E-state index contributed by atoms with van der Waals surface area (Å²) in [5.74, 6) is 0.463. The topological polar surface area (TPSA) is 76.7 Å². The summed E-state index contributed by atoms with van der Waals surface area (Å²) < 4.78 is 11.2. The Bertz CT molecular complexity index is 879. The maximum atomic E-state index is 12.9. The van der Waals surface area contributed by atoms with Gasteiger partial charge >= 0.3 is 0 Å². The van der Waals surface area contributed by atoms with Gasteiger partial charge in [-0.2, -0.15) is 0 Å². The summed E-state index contributed by atoms with van der Waals surface area (Å²) in [7, 11) is 1.59. The smallest absolute Gasteiger partial charge is 0.228 e. The fourth-order valence-corrected chi connectivity index (χ4v) is 3.35. The zero-order valence-corrected chi connectivity index (χ0v) is 16.6. The highest BCUT2D eigenvalue weighted by Gasteiger charge is 2.31. The molecule has 0 aliphatic carbocycles. The van der Waals surface area contributed by atoms with E-state index >= 15 is 0 Å². The monoisotopic (exact) mass is 382 g/mol. The molecule has 0 saturated heterocycles. The van der Waals surface area contributed by atoms with Crippen LogP contribution in [0, 0.1) is 0 Å². The third-order valence-corrected chi connectivity index (χ3v) is 4.73. The molecule has 1 heterocycles. The molecule has 0 radical (unpaired) electrons. The Kier molecular flexibility index (Phi) is 5.87. The van der Waals surface area contributed by atoms with E-state index in [9.17, 15) is 9.59 Å². The van der Waals surface area contributed by atoms with Crippen molar-refractivity contribution in [2.75, 3.05) is 12.4 Å². The zero-order valence-electron chi connectivity index (χ0n) is 16.6. The number of ether oxygens (including phenoxy) is 2. The van der Waals surface area contributed by atoms with Crippen LogP contribution >= 0.6 is 0 Å². The van der Waals surface area contributed by atoms with Gasteiger partial charge in [0.05, 0.1) is 25.2 Å². The fourth-order valence-electron chi connectivity index (χ4n) is 3.35. The quantitative estimate of drug-likeness (QED) is 0.797. The Hall–Kier alpha value is -3.02. The summed E-state index contributed by atoms with van der Waals surface area (Å²) >= 11 is 0. The van der Waals surface area contributed by atoms with Gasteiger partial charge < -0.3 is 20.1 Å². The number of para-hydroxylation sites is 1. The first-order chi connectivity index (χ1) is 13.4. The van der Waals surface area contributed by atoms with Crippen LogP contribution in [0.25, 0.3) is 0 Å². The summed E-state index contributed by atoms with van der Waals surface area (Å²) in [6, 6.07) is 12.8. The Morgan fingerprint density at radius 3 is 2.61 bits per heavy atom. The molecule has 0 aromatic heterocycles. The van der Waals surface area contributed by atoms with Crippen molar-refractivity contribution < 1.29 is 19.1 Å². The maximum Gasteiger partial charge on any atom is 0.228 e. The van der Waals surface area contributed by atoms with Gasteiger partial charge in [0.25, 0.3) is 0 Å². The number of benzene rings is 2. The normalized spacial score (nSPS) is 16.8. The highest BCUT2D eigenvalue weighted by atomic mass is 16.5. The lowest BCUT2D eigenvalue weighted by Crippen LogP contribution is -2.36. The molecule has 2 atom stereocenters. The van der Waals surface area contributed by atoms with Crippen LogP contribution in [0.2, 0.25) is 0 Å². The largest absolute Gasteiger partial charge is 0.493 e. The van der Waals surface area contributed by atoms with Crippen LogP contribution in [0.1, 0.15) is 50.3 Å². The van der Waals surface area contributed by atoms with Crippen LogP contribution in [-0.2, 0) is 9.59 Å². The van der Waals surface area contributed by atoms with E-state index in [0.29, 0.717) is 17.2 Å². The van der Waals surface area contributed by atoms with E-state index in [1.807, 2.05) is 63.2 Å². The van der Waals surface area contributed by atoms with Gasteiger partial charge in [-0.05, 0) is 50.1 Å². The number of fused-ring (bicyclic) bond motifs is 1. The second kappa shape index (κ2) is 8.33. The molecule has 148 valence electrons. The predicted octanol–water partition coefficient (Wildman–Crippen LogP) is 3.79. The van der Waals surface area contributed by atoms with Crippen molar-refractivity contribution in [3.63, 3.8) is 0 Å². The number of amides is 2. The van der Waals surface area contributed by atoms with Crippen molar-refractivity contribution in [3.05, 3.63) is 53.6 Å². The highest BCUT2D eigenvalue weighted by Crippen LogP contribution is 2.34. The van der Waals surface area contributed by atoms with Crippen molar-refractivity contribution in [2.45, 2.75) is 45.3 Å². The van der Waals surface area contributed by atoms with Crippen LogP contribution < -0.4 is 20.1 Å². The van der Waals surface area contributed by atoms with E-state index in [4.69, 9.17) is 9.47 Å². The molecule has 1 aliphatic rings. The molecule has 0 spiro atoms. The molecule has 28 heavy (non-hydrogen) atoms. The second-order valence-corrected chi connectivity index (χ2v) is 7.20. The molecule has 0 saturated carbocycles. The first-order valence-corrected chi connectivity index (χ1v) is 9.42. The van der Waals surface area contributed by atoms with E-state index in [0.717, 1.165) is 11.1 Å². The number of carbonyl (C=O) groups is 2. The van der Waals surface area contributed by atoms with Gasteiger partial charge in [-0.3, -0.25) is 9.59 Å². The molecule has 1 aliphatic heterocycles. The van der Waals surface area contributed by atoms with Crippen molar-refractivity contribution in [1.82, 2.24) is 5.32 Å². The number of anilines is 1. The number of rotatable bonds is 6. The first kappa shape index (κ1) is 19.7. The maximum absolute atomic E-state index is 12.9. The molecule has 3 rings (SSSR count). The molecule has 2 amide bonds. The summed E-state index contributed by atoms with van der Waals surface area (Å²) in [6.07, 6.45) is 0.175. The lowest BCUT2D eigenvalue weighted by atomic mass is 9.89. The molecule has 6 heteroatoms. The SMILES string of the molecule is COc1cc(C(C)NC(=O)C2CC(=O)Nc3ccccc32)ccc1OC(C)C. The van der Waals surface area contributed by atoms with Crippen LogP contribution in [0.4, 0.5) is 5.69 Å². The standard InChI is InChI=1S/C22H26N2O4/c1-13(2)28-19-10-9-15(11-20(19)27-4)14(3)23-22(26)17-12-21(25)24-18-8-6-5-7-16(17)18/h5-11,13-14,17H,12H2,1-4H3,(H,23,26)(H,24,25). The molecule has 6 nitrogen and oxygen atoms in total. The molecular formula is C22H26N2O4. The molecule has 0 bridgehead atoms. The molecule has 2 unspecified atom stereocenters. The second-order valence-electron chi connectivity index (χ2n) is 7.20. The van der Waals surface area contributed by atoms with Gasteiger partial charge in [-0.15, -0.1) is 0 Å². The molecule has 2 aromatic carbocycles. The summed E-state index contributed by atoms with van der Waals surface area (Å²) in [4.78, 5) is 24.9. The van der Waals surface area contributed by atoms with Crippen molar-refractivity contribution >= 4 is 17.5 Å². The van der Waals surface area contributed by atoms with Gasteiger partial charge in [0.1, 0.15) is 0 Å². The molecular weight excluding hydrogens is 356 g/mol. The van der Waals surface area contributed by atoms with Crippen molar-refractivity contribution in [2.24, 2.45) is 0 Å². The Morgan fingerprint density at radius 1 is 1.14 bits per heavy atom. The number of methoxy groups -OCH3 is 1. The third kappa shape index (κ3) is 4.27. The van der Waals surface area contributed by atoms with E-state index < -0.39 is 5.92 Å². The average Bonchev–Trinajstić information content (AvgIpc) is 2.66. The summed E-state index contributed by atoms with van der Waals surface area (Å²) in [6.45, 7) is 5.81. The minimum atomic E-state index is -0.502. The molecule has 2 aromatic rings. The Balaban J connectivity index is 1.77. The number of hydrogen-bond acceptors (Lipinski definition) is 4. The lowest BCUT2D eigenvalue weighted by Gasteiger charge is -2.26. The minimum absolute atomic E-state index is 0.0365. The van der Waals surface area contributed by atoms with E-state index in [2.05, 4.69) is 10.6 Å². The van der Waals surface area contributed by atoms with Gasteiger partial charge in [0.15, 0.2) is 11.5 Å². The Morgan fingerprint density at radius 2 is 1.89 bits per heavy atom. The minimum Gasteiger partial charge on any atom is -0.493 e. The van der Waals surface area contributed by atoms with Crippen molar-refractivity contribution in [1.29, 1.82) is 0 Å². The van der Waals surface area contributed by atoms with E-state index in [-0.39, 0.29) is 30.4 Å². The fraction of sp³-hybridized carbons (Fsp3) is 0.364. The lowest BCUT2D eigenvalue weighted by molar-refractivity contribution is -0.126. The van der Waals surface area contributed by atoms with Crippen LogP contribution in [0.5, 0.6) is 11.5 Å². The molecule has 2 N–H and O–H groups in total. The summed E-state index contributed by atoms with van der Waals surface area (Å²) in [5, 5.41) is 5.84. The number of carbonyl (C=O) groups excluding carboxylic acids is 2. The van der Waals surface area contributed by atoms with Gasteiger partial charge in [0.2, 0.25) is 11.8 Å². The van der Waals surface area contributed by atoms with Crippen LogP contribution in [-0.4, -0.2) is 25.0 Å². The highest BCUT2D eigenvalue weighted by molar-refractivity contribution is 6.01. The Labute approximate surface area is 165 Å². The van der Waals surface area contributed by atoms with E-state index in [1.165, 1.54) is 0 Å². The summed E-state index contributed by atoms with van der Waals surface area (Å²) in [5.41, 5.74) is 2.43. The molecule has 0 fully saturated rings. The van der Waals surface area contributed by atoms with Crippen LogP contribution in [0.15, 0.2) is 42.5 Å². The van der Waals surface area contributed by atoms with Gasteiger partial charge in [-0.25, -0.2) is 0 Å². The van der Waals surface area contributed by atoms with E-state index in [1.54, 1.807) is 7.11 Å². The van der Waals surface area contributed by atoms with Crippen molar-refractivity contribution in [3.8, 4) is 11.5 Å². The first-order valence-electron chi connectivity index (χ1n) is 9.42. The number of nitrogens with one attached hydrogen (secondary N) is 2. The van der Waals surface area contributed by atoms with Crippen LogP contribution in [0.3, 0.4) is 0 Å². The van der Waals surface area contributed by atoms with Gasteiger partial charge in [0, 0.05) is 12.1 Å². The number of hydrogen-bond donors (Lipinski definition) is 2. The zero-order chi connectivity index (χ0) is 20.3.